The molecule has 0 aromatic heterocycles. The molecule has 2 nitrogen and oxygen atoms in total. The molecule has 11 heavy (non-hydrogen) atoms. The Bertz CT molecular complexity index is 130. The molecule has 0 aliphatic rings. The van der Waals surface area contributed by atoms with Gasteiger partial charge in [0, 0.05) is 0 Å². The van der Waals surface area contributed by atoms with Crippen LogP contribution in [0.2, 0.25) is 0 Å². The molecule has 0 spiro atoms. The molecule has 0 rings (SSSR count). The molecule has 66 valence electrons. The fourth-order valence-corrected chi connectivity index (χ4v) is 0.353. The van der Waals surface area contributed by atoms with Gasteiger partial charge in [0.25, 0.3) is 0 Å². The molecule has 0 aromatic rings. The van der Waals surface area contributed by atoms with Crippen molar-refractivity contribution in [2.24, 2.45) is 11.1 Å². The lowest BCUT2D eigenvalue weighted by Gasteiger charge is -2.08. The quantitative estimate of drug-likeness (QED) is 0.454. The van der Waals surface area contributed by atoms with E-state index >= 15 is 0 Å². The maximum Gasteiger partial charge on any atom is 0.124 e. The van der Waals surface area contributed by atoms with Crippen molar-refractivity contribution in [2.45, 2.75) is 47.1 Å². The summed E-state index contributed by atoms with van der Waals surface area (Å²) < 4.78 is 0. The van der Waals surface area contributed by atoms with Gasteiger partial charge in [0.1, 0.15) is 6.10 Å². The van der Waals surface area contributed by atoms with Crippen LogP contribution in [-0.4, -0.2) is 11.8 Å². The Morgan fingerprint density at radius 3 is 2.27 bits per heavy atom. The Kier molecular flexibility index (Phi) is 4.92. The van der Waals surface area contributed by atoms with Crippen LogP contribution in [0.4, 0.5) is 0 Å². The minimum absolute atomic E-state index is 0.240. The Labute approximate surface area is 69.6 Å². The summed E-state index contributed by atoms with van der Waals surface area (Å²) in [6, 6.07) is 0. The predicted molar refractivity (Wildman–Crippen MR) is 48.8 cm³/mol. The molecule has 0 saturated heterocycles. The third-order valence-electron chi connectivity index (χ3n) is 1.79. The van der Waals surface area contributed by atoms with Crippen LogP contribution in [0.25, 0.3) is 0 Å². The normalized spacial score (nSPS) is 15.3. The first-order chi connectivity index (χ1) is 5.07. The number of hydrogen-bond donors (Lipinski definition) is 0. The van der Waals surface area contributed by atoms with Crippen molar-refractivity contribution >= 4 is 5.71 Å². The van der Waals surface area contributed by atoms with E-state index in [4.69, 9.17) is 4.84 Å². The van der Waals surface area contributed by atoms with E-state index in [0.29, 0.717) is 5.92 Å². The fraction of sp³-hybridized carbons (Fsp3) is 0.889. The first-order valence-corrected chi connectivity index (χ1v) is 4.28. The van der Waals surface area contributed by atoms with Crippen molar-refractivity contribution in [3.8, 4) is 0 Å². The SMILES string of the molecule is CCC(C)ON=C(C)C(C)C. The van der Waals surface area contributed by atoms with Crippen molar-refractivity contribution in [1.29, 1.82) is 0 Å². The number of oxime groups is 1. The van der Waals surface area contributed by atoms with Crippen LogP contribution in [0.1, 0.15) is 41.0 Å². The molecule has 1 atom stereocenters. The Morgan fingerprint density at radius 1 is 1.36 bits per heavy atom. The highest BCUT2D eigenvalue weighted by Gasteiger charge is 2.00. The summed E-state index contributed by atoms with van der Waals surface area (Å²) in [5.41, 5.74) is 1.06. The number of nitrogens with zero attached hydrogens (tertiary/aromatic N) is 1. The molecule has 2 heteroatoms. The summed E-state index contributed by atoms with van der Waals surface area (Å²) in [4.78, 5) is 5.20. The third kappa shape index (κ3) is 4.82. The molecular formula is C9H19NO. The molecule has 1 unspecified atom stereocenters. The Morgan fingerprint density at radius 2 is 1.91 bits per heavy atom. The zero-order valence-corrected chi connectivity index (χ0v) is 8.22. The molecule has 0 aliphatic carbocycles. The smallest absolute Gasteiger partial charge is 0.124 e. The molecule has 0 N–H and O–H groups in total. The van der Waals surface area contributed by atoms with Gasteiger partial charge in [-0.1, -0.05) is 25.9 Å². The van der Waals surface area contributed by atoms with E-state index < -0.39 is 0 Å². The van der Waals surface area contributed by atoms with Gasteiger partial charge in [-0.05, 0) is 26.2 Å². The highest BCUT2D eigenvalue weighted by atomic mass is 16.6. The predicted octanol–water partition coefficient (Wildman–Crippen LogP) is 2.83. The number of rotatable bonds is 4. The molecule has 0 aromatic carbocycles. The summed E-state index contributed by atoms with van der Waals surface area (Å²) >= 11 is 0. The average molecular weight is 157 g/mol. The van der Waals surface area contributed by atoms with E-state index in [1.165, 1.54) is 0 Å². The average Bonchev–Trinajstić information content (AvgIpc) is 1.99. The summed E-state index contributed by atoms with van der Waals surface area (Å²) in [6.07, 6.45) is 1.25. The van der Waals surface area contributed by atoms with Gasteiger partial charge in [-0.15, -0.1) is 0 Å². The van der Waals surface area contributed by atoms with Crippen LogP contribution in [0.3, 0.4) is 0 Å². The van der Waals surface area contributed by atoms with Crippen LogP contribution >= 0.6 is 0 Å². The van der Waals surface area contributed by atoms with Crippen LogP contribution in [0, 0.1) is 5.92 Å². The minimum atomic E-state index is 0.240. The molecule has 0 radical (unpaired) electrons. The minimum Gasteiger partial charge on any atom is -0.393 e. The Balaban J connectivity index is 3.72. The van der Waals surface area contributed by atoms with Crippen molar-refractivity contribution in [3.63, 3.8) is 0 Å². The van der Waals surface area contributed by atoms with E-state index in [1.807, 2.05) is 13.8 Å². The van der Waals surface area contributed by atoms with Crippen molar-refractivity contribution < 1.29 is 4.84 Å². The highest BCUT2D eigenvalue weighted by Crippen LogP contribution is 2.00. The van der Waals surface area contributed by atoms with Gasteiger partial charge in [-0.25, -0.2) is 0 Å². The summed E-state index contributed by atoms with van der Waals surface area (Å²) in [5, 5.41) is 4.01. The monoisotopic (exact) mass is 157 g/mol. The van der Waals surface area contributed by atoms with E-state index in [9.17, 15) is 0 Å². The zero-order valence-electron chi connectivity index (χ0n) is 8.22. The van der Waals surface area contributed by atoms with Crippen LogP contribution < -0.4 is 0 Å². The highest BCUT2D eigenvalue weighted by molar-refractivity contribution is 5.83. The van der Waals surface area contributed by atoms with Gasteiger partial charge >= 0.3 is 0 Å². The van der Waals surface area contributed by atoms with Gasteiger partial charge in [-0.3, -0.25) is 0 Å². The lowest BCUT2D eigenvalue weighted by Crippen LogP contribution is -2.07. The molecular weight excluding hydrogens is 138 g/mol. The summed E-state index contributed by atoms with van der Waals surface area (Å²) in [5.74, 6) is 0.485. The van der Waals surface area contributed by atoms with Crippen LogP contribution in [-0.2, 0) is 4.84 Å². The van der Waals surface area contributed by atoms with E-state index in [2.05, 4.69) is 25.9 Å². The number of hydrogen-bond acceptors (Lipinski definition) is 2. The topological polar surface area (TPSA) is 21.6 Å². The van der Waals surface area contributed by atoms with Crippen LogP contribution in [0.5, 0.6) is 0 Å². The lowest BCUT2D eigenvalue weighted by atomic mass is 10.1. The second-order valence-electron chi connectivity index (χ2n) is 3.21. The van der Waals surface area contributed by atoms with Crippen LogP contribution in [0.15, 0.2) is 5.16 Å². The molecule has 0 saturated carbocycles. The van der Waals surface area contributed by atoms with Gasteiger partial charge in [0.15, 0.2) is 0 Å². The molecule has 0 fully saturated rings. The second kappa shape index (κ2) is 5.16. The van der Waals surface area contributed by atoms with Crippen molar-refractivity contribution in [3.05, 3.63) is 0 Å². The molecule has 0 heterocycles. The van der Waals surface area contributed by atoms with Gasteiger partial charge in [-0.2, -0.15) is 0 Å². The van der Waals surface area contributed by atoms with E-state index in [1.54, 1.807) is 0 Å². The van der Waals surface area contributed by atoms with Gasteiger partial charge in [0.2, 0.25) is 0 Å². The summed E-state index contributed by atoms with van der Waals surface area (Å²) in [7, 11) is 0. The second-order valence-corrected chi connectivity index (χ2v) is 3.21. The largest absolute Gasteiger partial charge is 0.393 e. The maximum atomic E-state index is 5.20. The van der Waals surface area contributed by atoms with Crippen molar-refractivity contribution in [2.75, 3.05) is 0 Å². The summed E-state index contributed by atoms with van der Waals surface area (Å²) in [6.45, 7) is 10.3. The molecule has 0 aliphatic heterocycles. The maximum absolute atomic E-state index is 5.20. The molecule has 0 bridgehead atoms. The van der Waals surface area contributed by atoms with E-state index in [-0.39, 0.29) is 6.10 Å². The lowest BCUT2D eigenvalue weighted by molar-refractivity contribution is 0.0688. The fourth-order valence-electron chi connectivity index (χ4n) is 0.353. The Hall–Kier alpha value is -0.530. The third-order valence-corrected chi connectivity index (χ3v) is 1.79. The zero-order chi connectivity index (χ0) is 8.85. The van der Waals surface area contributed by atoms with Gasteiger partial charge < -0.3 is 4.84 Å². The standard InChI is InChI=1S/C9H19NO/c1-6-8(4)11-10-9(5)7(2)3/h7-8H,6H2,1-5H3. The van der Waals surface area contributed by atoms with E-state index in [0.717, 1.165) is 12.1 Å². The first-order valence-electron chi connectivity index (χ1n) is 4.28. The molecule has 0 amide bonds. The van der Waals surface area contributed by atoms with Crippen molar-refractivity contribution in [1.82, 2.24) is 0 Å². The first kappa shape index (κ1) is 10.5. The van der Waals surface area contributed by atoms with Gasteiger partial charge in [0.05, 0.1) is 5.71 Å².